The first kappa shape index (κ1) is 16.0. The molecule has 0 bridgehead atoms. The van der Waals surface area contributed by atoms with Gasteiger partial charge in [0, 0.05) is 32.5 Å². The van der Waals surface area contributed by atoms with Gasteiger partial charge < -0.3 is 9.80 Å². The number of sulfone groups is 1. The van der Waals surface area contributed by atoms with Gasteiger partial charge in [0.05, 0.1) is 16.3 Å². The van der Waals surface area contributed by atoms with Crippen LogP contribution in [-0.4, -0.2) is 50.5 Å². The van der Waals surface area contributed by atoms with Crippen LogP contribution >= 0.6 is 0 Å². The van der Waals surface area contributed by atoms with E-state index in [9.17, 15) is 18.0 Å². The summed E-state index contributed by atoms with van der Waals surface area (Å²) in [5.41, 5.74) is 0.484. The molecule has 124 valence electrons. The number of benzene rings is 1. The van der Waals surface area contributed by atoms with Crippen LogP contribution in [0.15, 0.2) is 29.2 Å². The van der Waals surface area contributed by atoms with E-state index in [2.05, 4.69) is 0 Å². The van der Waals surface area contributed by atoms with E-state index >= 15 is 0 Å². The van der Waals surface area contributed by atoms with Crippen LogP contribution in [0.1, 0.15) is 19.8 Å². The predicted molar refractivity (Wildman–Crippen MR) is 85.8 cm³/mol. The van der Waals surface area contributed by atoms with Crippen molar-refractivity contribution in [1.82, 2.24) is 4.90 Å². The Morgan fingerprint density at radius 1 is 1.09 bits per heavy atom. The summed E-state index contributed by atoms with van der Waals surface area (Å²) in [5, 5.41) is 0. The van der Waals surface area contributed by atoms with E-state index < -0.39 is 9.84 Å². The standard InChI is InChI=1S/C16H20N2O4S/c1-12(19)17-8-6-13(7-9-17)16(20)18-10-11-23(21,22)15-5-3-2-4-14(15)18/h2-5,13H,6-11H2,1H3. The van der Waals surface area contributed by atoms with E-state index in [1.54, 1.807) is 34.1 Å². The fourth-order valence-electron chi connectivity index (χ4n) is 3.28. The maximum atomic E-state index is 12.8. The van der Waals surface area contributed by atoms with E-state index in [1.807, 2.05) is 0 Å². The average molecular weight is 336 g/mol. The van der Waals surface area contributed by atoms with Crippen molar-refractivity contribution < 1.29 is 18.0 Å². The lowest BCUT2D eigenvalue weighted by molar-refractivity contribution is -0.133. The summed E-state index contributed by atoms with van der Waals surface area (Å²) in [6.45, 7) is 2.90. The number of para-hydroxylation sites is 1. The number of piperidine rings is 1. The molecule has 2 amide bonds. The van der Waals surface area contributed by atoms with Crippen molar-refractivity contribution in [3.8, 4) is 0 Å². The second-order valence-electron chi connectivity index (χ2n) is 6.06. The van der Waals surface area contributed by atoms with Crippen molar-refractivity contribution in [3.05, 3.63) is 24.3 Å². The number of hydrogen-bond donors (Lipinski definition) is 0. The van der Waals surface area contributed by atoms with Crippen LogP contribution in [0.5, 0.6) is 0 Å². The molecule has 1 saturated heterocycles. The van der Waals surface area contributed by atoms with Gasteiger partial charge in [0.15, 0.2) is 9.84 Å². The van der Waals surface area contributed by atoms with Crippen LogP contribution in [0.2, 0.25) is 0 Å². The Hall–Kier alpha value is -1.89. The zero-order valence-corrected chi connectivity index (χ0v) is 13.9. The summed E-state index contributed by atoms with van der Waals surface area (Å²) < 4.78 is 24.3. The fourth-order valence-corrected chi connectivity index (χ4v) is 4.70. The summed E-state index contributed by atoms with van der Waals surface area (Å²) in [5.74, 6) is -0.192. The number of anilines is 1. The molecule has 2 aliphatic rings. The molecular formula is C16H20N2O4S. The molecule has 7 heteroatoms. The smallest absolute Gasteiger partial charge is 0.230 e. The average Bonchev–Trinajstić information content (AvgIpc) is 2.55. The van der Waals surface area contributed by atoms with Gasteiger partial charge >= 0.3 is 0 Å². The van der Waals surface area contributed by atoms with Gasteiger partial charge in [-0.15, -0.1) is 0 Å². The molecule has 2 aliphatic heterocycles. The Kier molecular flexibility index (Phi) is 4.14. The summed E-state index contributed by atoms with van der Waals surface area (Å²) in [4.78, 5) is 27.8. The summed E-state index contributed by atoms with van der Waals surface area (Å²) in [7, 11) is -3.31. The number of carbonyl (C=O) groups excluding carboxylic acids is 2. The summed E-state index contributed by atoms with van der Waals surface area (Å²) in [6.07, 6.45) is 1.26. The van der Waals surface area contributed by atoms with Crippen molar-refractivity contribution in [2.75, 3.05) is 30.3 Å². The number of nitrogens with zero attached hydrogens (tertiary/aromatic N) is 2. The molecule has 0 unspecified atom stereocenters. The monoisotopic (exact) mass is 336 g/mol. The number of fused-ring (bicyclic) bond motifs is 1. The second-order valence-corrected chi connectivity index (χ2v) is 8.13. The molecule has 0 aromatic heterocycles. The normalized spacial score (nSPS) is 20.9. The van der Waals surface area contributed by atoms with Crippen LogP contribution in [0, 0.1) is 5.92 Å². The maximum Gasteiger partial charge on any atom is 0.230 e. The molecule has 0 aliphatic carbocycles. The molecule has 0 radical (unpaired) electrons. The number of amides is 2. The SMILES string of the molecule is CC(=O)N1CCC(C(=O)N2CCS(=O)(=O)c3ccccc32)CC1. The molecule has 0 N–H and O–H groups in total. The predicted octanol–water partition coefficient (Wildman–Crippen LogP) is 1.07. The topological polar surface area (TPSA) is 74.8 Å². The molecule has 0 saturated carbocycles. The first-order chi connectivity index (χ1) is 10.9. The molecule has 2 heterocycles. The summed E-state index contributed by atoms with van der Waals surface area (Å²) in [6, 6.07) is 6.67. The highest BCUT2D eigenvalue weighted by Gasteiger charge is 2.35. The number of carbonyl (C=O) groups is 2. The van der Waals surface area contributed by atoms with Crippen LogP contribution in [-0.2, 0) is 19.4 Å². The number of hydrogen-bond acceptors (Lipinski definition) is 4. The molecule has 23 heavy (non-hydrogen) atoms. The van der Waals surface area contributed by atoms with E-state index in [0.717, 1.165) is 0 Å². The minimum absolute atomic E-state index is 0.0319. The molecule has 1 aromatic carbocycles. The van der Waals surface area contributed by atoms with E-state index in [-0.39, 0.29) is 34.9 Å². The van der Waals surface area contributed by atoms with Crippen molar-refractivity contribution in [1.29, 1.82) is 0 Å². The minimum atomic E-state index is -3.31. The zero-order chi connectivity index (χ0) is 16.6. The Labute approximate surface area is 136 Å². The van der Waals surface area contributed by atoms with Crippen LogP contribution in [0.4, 0.5) is 5.69 Å². The van der Waals surface area contributed by atoms with Gasteiger partial charge in [-0.2, -0.15) is 0 Å². The Morgan fingerprint density at radius 3 is 2.39 bits per heavy atom. The second kappa shape index (κ2) is 5.96. The fraction of sp³-hybridized carbons (Fsp3) is 0.500. The first-order valence-corrected chi connectivity index (χ1v) is 9.44. The Morgan fingerprint density at radius 2 is 1.74 bits per heavy atom. The van der Waals surface area contributed by atoms with Crippen LogP contribution in [0.25, 0.3) is 0 Å². The van der Waals surface area contributed by atoms with Gasteiger partial charge in [0.1, 0.15) is 0 Å². The van der Waals surface area contributed by atoms with Crippen molar-refractivity contribution in [2.24, 2.45) is 5.92 Å². The Balaban J connectivity index is 1.80. The molecule has 0 spiro atoms. The third kappa shape index (κ3) is 2.97. The largest absolute Gasteiger partial charge is 0.343 e. The highest BCUT2D eigenvalue weighted by atomic mass is 32.2. The van der Waals surface area contributed by atoms with Crippen molar-refractivity contribution >= 4 is 27.3 Å². The van der Waals surface area contributed by atoms with Gasteiger partial charge in [-0.25, -0.2) is 8.42 Å². The minimum Gasteiger partial charge on any atom is -0.343 e. The van der Waals surface area contributed by atoms with Crippen LogP contribution < -0.4 is 4.90 Å². The molecule has 3 rings (SSSR count). The molecule has 1 aromatic rings. The summed E-state index contributed by atoms with van der Waals surface area (Å²) >= 11 is 0. The number of likely N-dealkylation sites (tertiary alicyclic amines) is 1. The third-order valence-electron chi connectivity index (χ3n) is 4.63. The lowest BCUT2D eigenvalue weighted by Gasteiger charge is -2.35. The zero-order valence-electron chi connectivity index (χ0n) is 13.1. The van der Waals surface area contributed by atoms with Gasteiger partial charge in [-0.05, 0) is 25.0 Å². The highest BCUT2D eigenvalue weighted by molar-refractivity contribution is 7.91. The highest BCUT2D eigenvalue weighted by Crippen LogP contribution is 2.32. The van der Waals surface area contributed by atoms with E-state index in [1.165, 1.54) is 6.92 Å². The van der Waals surface area contributed by atoms with Crippen LogP contribution in [0.3, 0.4) is 0 Å². The van der Waals surface area contributed by atoms with E-state index in [0.29, 0.717) is 31.6 Å². The third-order valence-corrected chi connectivity index (χ3v) is 6.37. The van der Waals surface area contributed by atoms with Crippen molar-refractivity contribution in [2.45, 2.75) is 24.7 Å². The van der Waals surface area contributed by atoms with E-state index in [4.69, 9.17) is 0 Å². The molecule has 0 atom stereocenters. The molecule has 6 nitrogen and oxygen atoms in total. The van der Waals surface area contributed by atoms with Gasteiger partial charge in [-0.3, -0.25) is 9.59 Å². The molecular weight excluding hydrogens is 316 g/mol. The quantitative estimate of drug-likeness (QED) is 0.769. The van der Waals surface area contributed by atoms with Crippen molar-refractivity contribution in [3.63, 3.8) is 0 Å². The lowest BCUT2D eigenvalue weighted by atomic mass is 9.95. The maximum absolute atomic E-state index is 12.8. The van der Waals surface area contributed by atoms with Gasteiger partial charge in [-0.1, -0.05) is 12.1 Å². The number of rotatable bonds is 1. The van der Waals surface area contributed by atoms with Gasteiger partial charge in [0.2, 0.25) is 11.8 Å². The lowest BCUT2D eigenvalue weighted by Crippen LogP contribution is -2.47. The van der Waals surface area contributed by atoms with Gasteiger partial charge in [0.25, 0.3) is 0 Å². The Bertz CT molecular complexity index is 736. The molecule has 1 fully saturated rings. The first-order valence-electron chi connectivity index (χ1n) is 7.79.